The third-order valence-corrected chi connectivity index (χ3v) is 3.09. The van der Waals surface area contributed by atoms with Gasteiger partial charge in [0.1, 0.15) is 0 Å². The van der Waals surface area contributed by atoms with E-state index in [0.29, 0.717) is 5.56 Å². The van der Waals surface area contributed by atoms with Crippen LogP contribution in [0.4, 0.5) is 0 Å². The fourth-order valence-corrected chi connectivity index (χ4v) is 1.96. The van der Waals surface area contributed by atoms with E-state index in [1.165, 1.54) is 0 Å². The third-order valence-electron chi connectivity index (χ3n) is 2.15. The summed E-state index contributed by atoms with van der Waals surface area (Å²) in [7, 11) is 0. The minimum Gasteiger partial charge on any atom is -0.549 e. The first-order valence-electron chi connectivity index (χ1n) is 4.57. The number of benzene rings is 1. The van der Waals surface area contributed by atoms with Crippen LogP contribution in [0.5, 0.6) is 0 Å². The maximum Gasteiger partial charge on any atom is 0.172 e. The van der Waals surface area contributed by atoms with Crippen LogP contribution < -0.4 is 5.11 Å². The Morgan fingerprint density at radius 2 is 2.00 bits per heavy atom. The van der Waals surface area contributed by atoms with Gasteiger partial charge in [0, 0.05) is 9.13 Å². The van der Waals surface area contributed by atoms with E-state index in [1.807, 2.05) is 22.6 Å². The van der Waals surface area contributed by atoms with Crippen LogP contribution in [0.3, 0.4) is 0 Å². The molecule has 0 amide bonds. The van der Waals surface area contributed by atoms with Gasteiger partial charge in [-0.3, -0.25) is 4.79 Å². The molecular weight excluding hydrogens is 307 g/mol. The Balaban J connectivity index is 3.03. The van der Waals surface area contributed by atoms with E-state index < -0.39 is 11.9 Å². The summed E-state index contributed by atoms with van der Waals surface area (Å²) in [4.78, 5) is 22.5. The molecule has 0 fully saturated rings. The van der Waals surface area contributed by atoms with E-state index >= 15 is 0 Å². The topological polar surface area (TPSA) is 57.2 Å². The van der Waals surface area contributed by atoms with E-state index in [9.17, 15) is 14.7 Å². The molecule has 4 heteroatoms. The van der Waals surface area contributed by atoms with Crippen LogP contribution in [-0.2, 0) is 4.79 Å². The van der Waals surface area contributed by atoms with Gasteiger partial charge in [-0.2, -0.15) is 0 Å². The normalized spacial score (nSPS) is 12.1. The van der Waals surface area contributed by atoms with Gasteiger partial charge in [-0.25, -0.2) is 0 Å². The Labute approximate surface area is 102 Å². The molecule has 1 unspecified atom stereocenters. The first-order chi connectivity index (χ1) is 7.07. The van der Waals surface area contributed by atoms with Crippen molar-refractivity contribution < 1.29 is 14.7 Å². The molecule has 1 aromatic carbocycles. The SMILES string of the molecule is CCC(C(=O)[O-])C(=O)c1ccccc1I. The van der Waals surface area contributed by atoms with E-state index in [0.717, 1.165) is 3.57 Å². The molecule has 80 valence electrons. The summed E-state index contributed by atoms with van der Waals surface area (Å²) in [5, 5.41) is 10.7. The van der Waals surface area contributed by atoms with Crippen LogP contribution in [0, 0.1) is 9.49 Å². The molecule has 3 nitrogen and oxygen atoms in total. The summed E-state index contributed by atoms with van der Waals surface area (Å²) in [5.41, 5.74) is 0.453. The van der Waals surface area contributed by atoms with Crippen molar-refractivity contribution in [2.75, 3.05) is 0 Å². The van der Waals surface area contributed by atoms with Crippen molar-refractivity contribution in [1.82, 2.24) is 0 Å². The zero-order valence-electron chi connectivity index (χ0n) is 8.20. The maximum absolute atomic E-state index is 11.8. The highest BCUT2D eigenvalue weighted by Crippen LogP contribution is 2.17. The molecule has 15 heavy (non-hydrogen) atoms. The minimum atomic E-state index is -1.30. The van der Waals surface area contributed by atoms with Gasteiger partial charge in [0.25, 0.3) is 0 Å². The fraction of sp³-hybridized carbons (Fsp3) is 0.273. The second kappa shape index (κ2) is 5.25. The molecule has 0 saturated carbocycles. The van der Waals surface area contributed by atoms with Gasteiger partial charge in [-0.15, -0.1) is 0 Å². The average molecular weight is 317 g/mol. The lowest BCUT2D eigenvalue weighted by atomic mass is 9.95. The number of hydrogen-bond donors (Lipinski definition) is 0. The van der Waals surface area contributed by atoms with Gasteiger partial charge in [0.05, 0.1) is 11.9 Å². The van der Waals surface area contributed by atoms with Crippen molar-refractivity contribution in [2.45, 2.75) is 13.3 Å². The number of carboxylic acids is 1. The first-order valence-corrected chi connectivity index (χ1v) is 5.65. The lowest BCUT2D eigenvalue weighted by molar-refractivity contribution is -0.309. The Kier molecular flexibility index (Phi) is 4.26. The zero-order valence-corrected chi connectivity index (χ0v) is 10.4. The van der Waals surface area contributed by atoms with Crippen molar-refractivity contribution >= 4 is 34.3 Å². The van der Waals surface area contributed by atoms with Crippen molar-refractivity contribution in [3.63, 3.8) is 0 Å². The lowest BCUT2D eigenvalue weighted by Gasteiger charge is -2.15. The van der Waals surface area contributed by atoms with Crippen molar-refractivity contribution in [3.05, 3.63) is 33.4 Å². The van der Waals surface area contributed by atoms with Crippen LogP contribution in [0.25, 0.3) is 0 Å². The molecule has 0 heterocycles. The molecule has 0 bridgehead atoms. The molecule has 0 spiro atoms. The Morgan fingerprint density at radius 1 is 1.40 bits per heavy atom. The molecule has 1 rings (SSSR count). The number of ketones is 1. The molecule has 0 aromatic heterocycles. The van der Waals surface area contributed by atoms with Gasteiger partial charge in [0.15, 0.2) is 5.78 Å². The number of carbonyl (C=O) groups excluding carboxylic acids is 2. The highest BCUT2D eigenvalue weighted by atomic mass is 127. The Hall–Kier alpha value is -0.910. The number of hydrogen-bond acceptors (Lipinski definition) is 3. The van der Waals surface area contributed by atoms with Crippen molar-refractivity contribution in [1.29, 1.82) is 0 Å². The van der Waals surface area contributed by atoms with Crippen LogP contribution in [0.1, 0.15) is 23.7 Å². The standard InChI is InChI=1S/C11H11IO3/c1-2-7(11(14)15)10(13)8-5-3-4-6-9(8)12/h3-7H,2H2,1H3,(H,14,15)/p-1. The van der Waals surface area contributed by atoms with Gasteiger partial charge < -0.3 is 9.90 Å². The summed E-state index contributed by atoms with van der Waals surface area (Å²) in [6.07, 6.45) is 0.256. The van der Waals surface area contributed by atoms with Crippen LogP contribution in [0.2, 0.25) is 0 Å². The number of Topliss-reactive ketones (excluding diaryl/α,β-unsaturated/α-hetero) is 1. The highest BCUT2D eigenvalue weighted by molar-refractivity contribution is 14.1. The third kappa shape index (κ3) is 2.77. The quantitative estimate of drug-likeness (QED) is 0.477. The highest BCUT2D eigenvalue weighted by Gasteiger charge is 2.20. The van der Waals surface area contributed by atoms with Crippen LogP contribution in [0.15, 0.2) is 24.3 Å². The smallest absolute Gasteiger partial charge is 0.172 e. The molecule has 0 aliphatic heterocycles. The maximum atomic E-state index is 11.8. The van der Waals surface area contributed by atoms with Crippen molar-refractivity contribution in [3.8, 4) is 0 Å². The second-order valence-electron chi connectivity index (χ2n) is 3.12. The summed E-state index contributed by atoms with van der Waals surface area (Å²) in [6.45, 7) is 1.66. The molecule has 0 saturated heterocycles. The average Bonchev–Trinajstić information content (AvgIpc) is 2.18. The van der Waals surface area contributed by atoms with E-state index in [1.54, 1.807) is 31.2 Å². The largest absolute Gasteiger partial charge is 0.549 e. The van der Waals surface area contributed by atoms with Crippen LogP contribution in [-0.4, -0.2) is 11.8 Å². The molecule has 1 atom stereocenters. The van der Waals surface area contributed by atoms with E-state index in [4.69, 9.17) is 0 Å². The van der Waals surface area contributed by atoms with Crippen LogP contribution >= 0.6 is 22.6 Å². The van der Waals surface area contributed by atoms with Gasteiger partial charge >= 0.3 is 0 Å². The lowest BCUT2D eigenvalue weighted by Crippen LogP contribution is -2.36. The zero-order chi connectivity index (χ0) is 11.4. The van der Waals surface area contributed by atoms with Crippen molar-refractivity contribution in [2.24, 2.45) is 5.92 Å². The van der Waals surface area contributed by atoms with E-state index in [-0.39, 0.29) is 12.2 Å². The molecular formula is C11H10IO3-. The summed E-state index contributed by atoms with van der Waals surface area (Å²) >= 11 is 2.01. The predicted molar refractivity (Wildman–Crippen MR) is 62.3 cm³/mol. The number of rotatable bonds is 4. The van der Waals surface area contributed by atoms with E-state index in [2.05, 4.69) is 0 Å². The molecule has 0 N–H and O–H groups in total. The summed E-state index contributed by atoms with van der Waals surface area (Å²) in [6, 6.07) is 6.93. The molecule has 1 aromatic rings. The number of halogens is 1. The molecule has 0 aliphatic rings. The van der Waals surface area contributed by atoms with Gasteiger partial charge in [-0.05, 0) is 35.1 Å². The molecule has 0 radical (unpaired) electrons. The summed E-state index contributed by atoms with van der Waals surface area (Å²) < 4.78 is 0.764. The summed E-state index contributed by atoms with van der Waals surface area (Å²) in [5.74, 6) is -2.72. The van der Waals surface area contributed by atoms with Gasteiger partial charge in [-0.1, -0.05) is 25.1 Å². The fourth-order valence-electron chi connectivity index (χ4n) is 1.31. The minimum absolute atomic E-state index is 0.256. The monoisotopic (exact) mass is 317 g/mol. The first kappa shape index (κ1) is 12.2. The number of carbonyl (C=O) groups is 2. The Morgan fingerprint density at radius 3 is 2.47 bits per heavy atom. The second-order valence-corrected chi connectivity index (χ2v) is 4.29. The molecule has 0 aliphatic carbocycles. The predicted octanol–water partition coefficient (Wildman–Crippen LogP) is 1.25. The number of aliphatic carboxylic acids is 1. The number of carboxylic acid groups (broad SMARTS) is 1. The van der Waals surface area contributed by atoms with Gasteiger partial charge in [0.2, 0.25) is 0 Å². The Bertz CT molecular complexity index is 387.